The van der Waals surface area contributed by atoms with Crippen molar-refractivity contribution in [3.63, 3.8) is 0 Å². The Morgan fingerprint density at radius 1 is 1.16 bits per heavy atom. The third kappa shape index (κ3) is 5.54. The van der Waals surface area contributed by atoms with Crippen molar-refractivity contribution in [1.29, 1.82) is 0 Å². The van der Waals surface area contributed by atoms with Crippen molar-refractivity contribution in [3.05, 3.63) is 29.3 Å². The predicted molar refractivity (Wildman–Crippen MR) is 130 cm³/mol. The van der Waals surface area contributed by atoms with Crippen LogP contribution >= 0.6 is 0 Å². The molecule has 0 aromatic heterocycles. The third-order valence-corrected chi connectivity index (χ3v) is 13.0. The first kappa shape index (κ1) is 29.8. The first-order valence-electron chi connectivity index (χ1n) is 12.4. The SMILES string of the molecule is COC(=O)[C@@H]1O[C@@](C)(C(F)(F)F)[C@@H](C)[C@H]1c1ccc(F)c(F)c1OCC1CC(O[Si](C)(C)C(C)(C)C)C1. The molecule has 1 saturated heterocycles. The largest absolute Gasteiger partial charge is 0.490 e. The number of hydrogen-bond donors (Lipinski definition) is 0. The van der Waals surface area contributed by atoms with Crippen molar-refractivity contribution in [2.45, 2.75) is 95.5 Å². The van der Waals surface area contributed by atoms with Gasteiger partial charge in [-0.3, -0.25) is 0 Å². The number of esters is 1. The Balaban J connectivity index is 1.83. The molecular formula is C26H37F5O5Si. The fourth-order valence-electron chi connectivity index (χ4n) is 4.78. The van der Waals surface area contributed by atoms with E-state index in [1.165, 1.54) is 6.92 Å². The highest BCUT2D eigenvalue weighted by Crippen LogP contribution is 2.55. The van der Waals surface area contributed by atoms with E-state index in [1.54, 1.807) is 0 Å². The summed E-state index contributed by atoms with van der Waals surface area (Å²) in [4.78, 5) is 12.4. The minimum atomic E-state index is -4.82. The van der Waals surface area contributed by atoms with E-state index in [0.717, 1.165) is 26.2 Å². The lowest BCUT2D eigenvalue weighted by Gasteiger charge is -2.44. The minimum absolute atomic E-state index is 0.0133. The van der Waals surface area contributed by atoms with Crippen LogP contribution in [-0.2, 0) is 18.7 Å². The molecule has 1 aromatic carbocycles. The number of halogens is 5. The second kappa shape index (κ2) is 10.1. The number of hydrogen-bond acceptors (Lipinski definition) is 5. The molecule has 0 radical (unpaired) electrons. The van der Waals surface area contributed by atoms with Gasteiger partial charge in [-0.15, -0.1) is 0 Å². The van der Waals surface area contributed by atoms with Gasteiger partial charge in [0.25, 0.3) is 0 Å². The Labute approximate surface area is 216 Å². The summed E-state index contributed by atoms with van der Waals surface area (Å²) in [6.07, 6.45) is -5.09. The van der Waals surface area contributed by atoms with E-state index in [-0.39, 0.29) is 29.2 Å². The monoisotopic (exact) mass is 552 g/mol. The van der Waals surface area contributed by atoms with Gasteiger partial charge in [-0.25, -0.2) is 9.18 Å². The standard InChI is InChI=1S/C26H37F5O5Si/c1-14-19(22(23(32)33-6)35-25(14,5)26(29,30)31)17-9-10-18(27)20(28)21(17)34-13-15-11-16(12-15)36-37(7,8)24(2,3)4/h9-10,14-16,19,22H,11-13H2,1-8H3/t14-,15?,16?,19-,22+,25+/m0/s1. The van der Waals surface area contributed by atoms with Crippen molar-refractivity contribution >= 4 is 14.3 Å². The molecule has 4 atom stereocenters. The normalized spacial score (nSPS) is 30.7. The van der Waals surface area contributed by atoms with Gasteiger partial charge in [0.15, 0.2) is 31.6 Å². The Morgan fingerprint density at radius 2 is 1.76 bits per heavy atom. The zero-order chi connectivity index (χ0) is 28.1. The molecule has 0 N–H and O–H groups in total. The molecule has 1 aromatic rings. The highest BCUT2D eigenvalue weighted by molar-refractivity contribution is 6.74. The summed E-state index contributed by atoms with van der Waals surface area (Å²) in [5, 5.41) is 0.0509. The van der Waals surface area contributed by atoms with Crippen LogP contribution in [0.3, 0.4) is 0 Å². The van der Waals surface area contributed by atoms with Gasteiger partial charge >= 0.3 is 12.1 Å². The van der Waals surface area contributed by atoms with Crippen LogP contribution < -0.4 is 4.74 Å². The summed E-state index contributed by atoms with van der Waals surface area (Å²) in [6, 6.07) is 1.97. The maximum Gasteiger partial charge on any atom is 0.417 e. The van der Waals surface area contributed by atoms with Gasteiger partial charge in [0.05, 0.1) is 13.7 Å². The Hall–Kier alpha value is -1.72. The number of carbonyl (C=O) groups is 1. The molecule has 1 saturated carbocycles. The molecule has 1 heterocycles. The van der Waals surface area contributed by atoms with E-state index in [0.29, 0.717) is 12.8 Å². The van der Waals surface area contributed by atoms with E-state index >= 15 is 0 Å². The second-order valence-electron chi connectivity index (χ2n) is 11.9. The molecule has 2 aliphatic rings. The first-order valence-corrected chi connectivity index (χ1v) is 15.4. The van der Waals surface area contributed by atoms with Crippen LogP contribution in [0.15, 0.2) is 12.1 Å². The summed E-state index contributed by atoms with van der Waals surface area (Å²) in [5.41, 5.74) is -2.77. The zero-order valence-corrected chi connectivity index (χ0v) is 23.6. The summed E-state index contributed by atoms with van der Waals surface area (Å²) < 4.78 is 93.1. The van der Waals surface area contributed by atoms with Crippen LogP contribution in [0.2, 0.25) is 18.1 Å². The van der Waals surface area contributed by atoms with Crippen LogP contribution in [0, 0.1) is 23.5 Å². The van der Waals surface area contributed by atoms with Crippen molar-refractivity contribution in [2.75, 3.05) is 13.7 Å². The van der Waals surface area contributed by atoms with E-state index in [9.17, 15) is 26.7 Å². The number of carbonyl (C=O) groups excluding carboxylic acids is 1. The van der Waals surface area contributed by atoms with Crippen LogP contribution in [0.5, 0.6) is 5.75 Å². The molecule has 1 aliphatic carbocycles. The van der Waals surface area contributed by atoms with Gasteiger partial charge in [-0.05, 0) is 49.9 Å². The molecule has 2 fully saturated rings. The van der Waals surface area contributed by atoms with E-state index in [4.69, 9.17) is 13.9 Å². The number of benzene rings is 1. The lowest BCUT2D eigenvalue weighted by atomic mass is 9.77. The zero-order valence-electron chi connectivity index (χ0n) is 22.6. The van der Waals surface area contributed by atoms with Gasteiger partial charge in [0.2, 0.25) is 5.82 Å². The third-order valence-electron chi connectivity index (χ3n) is 8.46. The maximum absolute atomic E-state index is 15.0. The van der Waals surface area contributed by atoms with Crippen molar-refractivity contribution in [1.82, 2.24) is 0 Å². The molecule has 0 spiro atoms. The van der Waals surface area contributed by atoms with Gasteiger partial charge in [0, 0.05) is 23.5 Å². The molecule has 210 valence electrons. The fraction of sp³-hybridized carbons (Fsp3) is 0.731. The van der Waals surface area contributed by atoms with Crippen LogP contribution in [-0.4, -0.2) is 52.0 Å². The first-order chi connectivity index (χ1) is 16.8. The molecule has 37 heavy (non-hydrogen) atoms. The van der Waals surface area contributed by atoms with Crippen LogP contribution in [0.1, 0.15) is 58.9 Å². The highest BCUT2D eigenvalue weighted by Gasteiger charge is 2.66. The number of methoxy groups -OCH3 is 1. The number of ether oxygens (including phenoxy) is 3. The van der Waals surface area contributed by atoms with Crippen molar-refractivity contribution in [3.8, 4) is 5.75 Å². The molecule has 0 bridgehead atoms. The Morgan fingerprint density at radius 3 is 2.27 bits per heavy atom. The number of alkyl halides is 3. The van der Waals surface area contributed by atoms with E-state index in [1.807, 2.05) is 0 Å². The molecule has 3 rings (SSSR count). The van der Waals surface area contributed by atoms with Crippen molar-refractivity contribution < 1.29 is 45.4 Å². The maximum atomic E-state index is 15.0. The highest BCUT2D eigenvalue weighted by atomic mass is 28.4. The quantitative estimate of drug-likeness (QED) is 0.213. The smallest absolute Gasteiger partial charge is 0.417 e. The lowest BCUT2D eigenvalue weighted by Crippen LogP contribution is -2.48. The van der Waals surface area contributed by atoms with Gasteiger partial charge in [-0.2, -0.15) is 17.6 Å². The van der Waals surface area contributed by atoms with Crippen LogP contribution in [0.25, 0.3) is 0 Å². The molecule has 0 amide bonds. The minimum Gasteiger partial charge on any atom is -0.490 e. The van der Waals surface area contributed by atoms with Gasteiger partial charge < -0.3 is 18.6 Å². The second-order valence-corrected chi connectivity index (χ2v) is 16.7. The number of rotatable bonds is 7. The average Bonchev–Trinajstić information content (AvgIpc) is 3.03. The van der Waals surface area contributed by atoms with E-state index < -0.39 is 61.4 Å². The molecule has 11 heteroatoms. The lowest BCUT2D eigenvalue weighted by molar-refractivity contribution is -0.274. The molecule has 1 aliphatic heterocycles. The van der Waals surface area contributed by atoms with Gasteiger partial charge in [0.1, 0.15) is 0 Å². The molecular weight excluding hydrogens is 515 g/mol. The summed E-state index contributed by atoms with van der Waals surface area (Å²) >= 11 is 0. The summed E-state index contributed by atoms with van der Waals surface area (Å²) in [5.74, 6) is -6.65. The predicted octanol–water partition coefficient (Wildman–Crippen LogP) is 6.76. The average molecular weight is 553 g/mol. The van der Waals surface area contributed by atoms with E-state index in [2.05, 4.69) is 38.6 Å². The van der Waals surface area contributed by atoms with Gasteiger partial charge in [-0.1, -0.05) is 33.8 Å². The fourth-order valence-corrected chi connectivity index (χ4v) is 6.15. The molecule has 0 unspecified atom stereocenters. The topological polar surface area (TPSA) is 54.0 Å². The molecule has 5 nitrogen and oxygen atoms in total. The summed E-state index contributed by atoms with van der Waals surface area (Å²) in [6.45, 7) is 12.9. The Bertz CT molecular complexity index is 1000. The summed E-state index contributed by atoms with van der Waals surface area (Å²) in [7, 11) is -0.930. The van der Waals surface area contributed by atoms with Crippen molar-refractivity contribution in [2.24, 2.45) is 11.8 Å². The Kier molecular flexibility index (Phi) is 8.15. The van der Waals surface area contributed by atoms with Crippen LogP contribution in [0.4, 0.5) is 22.0 Å².